The van der Waals surface area contributed by atoms with Crippen LogP contribution < -0.4 is 10.2 Å². The first-order valence-electron chi connectivity index (χ1n) is 5.66. The van der Waals surface area contributed by atoms with E-state index >= 15 is 0 Å². The third kappa shape index (κ3) is 1.83. The molecule has 0 aliphatic carbocycles. The molecule has 7 heteroatoms. The van der Waals surface area contributed by atoms with Crippen molar-refractivity contribution < 1.29 is 23.5 Å². The van der Waals surface area contributed by atoms with Crippen molar-refractivity contribution >= 4 is 23.5 Å². The number of cyclic esters (lactones) is 1. The third-order valence-electron chi connectivity index (χ3n) is 3.07. The van der Waals surface area contributed by atoms with E-state index in [4.69, 9.17) is 4.74 Å². The Kier molecular flexibility index (Phi) is 2.48. The summed E-state index contributed by atoms with van der Waals surface area (Å²) in [6.45, 7) is 0.343. The van der Waals surface area contributed by atoms with E-state index in [2.05, 4.69) is 5.32 Å². The van der Waals surface area contributed by atoms with Crippen LogP contribution in [0, 0.1) is 5.82 Å². The second-order valence-corrected chi connectivity index (χ2v) is 4.31. The number of carbonyl (C=O) groups excluding carboxylic acids is 3. The number of ether oxygens (including phenoxy) is 1. The topological polar surface area (TPSA) is 75.7 Å². The Labute approximate surface area is 107 Å². The maximum Gasteiger partial charge on any atom is 0.407 e. The Morgan fingerprint density at radius 3 is 2.84 bits per heavy atom. The summed E-state index contributed by atoms with van der Waals surface area (Å²) in [7, 11) is 0. The molecule has 1 aromatic rings. The molecule has 0 spiro atoms. The van der Waals surface area contributed by atoms with Gasteiger partial charge in [-0.15, -0.1) is 0 Å². The second-order valence-electron chi connectivity index (χ2n) is 4.31. The molecule has 0 saturated carbocycles. The van der Waals surface area contributed by atoms with Gasteiger partial charge in [0, 0.05) is 0 Å². The van der Waals surface area contributed by atoms with Gasteiger partial charge in [0.2, 0.25) is 0 Å². The molecule has 1 atom stereocenters. The van der Waals surface area contributed by atoms with Gasteiger partial charge >= 0.3 is 6.09 Å². The van der Waals surface area contributed by atoms with Crippen molar-refractivity contribution in [2.45, 2.75) is 6.10 Å². The van der Waals surface area contributed by atoms with Crippen LogP contribution in [-0.2, 0) is 9.53 Å². The number of anilines is 1. The first kappa shape index (κ1) is 11.6. The van der Waals surface area contributed by atoms with Crippen molar-refractivity contribution in [1.82, 2.24) is 5.32 Å². The highest BCUT2D eigenvalue weighted by Gasteiger charge is 2.38. The molecule has 2 aliphatic rings. The first-order valence-corrected chi connectivity index (χ1v) is 5.66. The van der Waals surface area contributed by atoms with Crippen molar-refractivity contribution in [2.24, 2.45) is 0 Å². The number of alkyl carbamates (subject to hydrolysis) is 1. The van der Waals surface area contributed by atoms with Crippen molar-refractivity contribution in [3.63, 3.8) is 0 Å². The summed E-state index contributed by atoms with van der Waals surface area (Å²) in [6, 6.07) is 3.59. The molecule has 1 aromatic carbocycles. The summed E-state index contributed by atoms with van der Waals surface area (Å²) >= 11 is 0. The minimum Gasteiger partial charge on any atom is -0.442 e. The summed E-state index contributed by atoms with van der Waals surface area (Å²) in [6.07, 6.45) is -1.07. The lowest BCUT2D eigenvalue weighted by molar-refractivity contribution is -0.114. The Balaban J connectivity index is 1.89. The number of rotatable bonds is 2. The van der Waals surface area contributed by atoms with Crippen LogP contribution in [0.15, 0.2) is 18.2 Å². The van der Waals surface area contributed by atoms with Gasteiger partial charge in [-0.1, -0.05) is 0 Å². The monoisotopic (exact) mass is 264 g/mol. The molecule has 2 amide bonds. The summed E-state index contributed by atoms with van der Waals surface area (Å²) in [5.74, 6) is -2.05. The predicted molar refractivity (Wildman–Crippen MR) is 61.4 cm³/mol. The van der Waals surface area contributed by atoms with Gasteiger partial charge in [-0.2, -0.15) is 0 Å². The number of ketones is 1. The fraction of sp³-hybridized carbons (Fsp3) is 0.250. The number of benzene rings is 1. The van der Waals surface area contributed by atoms with Gasteiger partial charge in [-0.05, 0) is 18.2 Å². The molecule has 0 radical (unpaired) electrons. The number of nitrogens with zero attached hydrogens (tertiary/aromatic N) is 1. The van der Waals surface area contributed by atoms with Crippen LogP contribution in [0.2, 0.25) is 0 Å². The van der Waals surface area contributed by atoms with Crippen LogP contribution in [0.25, 0.3) is 0 Å². The Hall–Kier alpha value is -2.44. The molecule has 2 aliphatic heterocycles. The van der Waals surface area contributed by atoms with Crippen LogP contribution in [-0.4, -0.2) is 37.0 Å². The first-order chi connectivity index (χ1) is 9.06. The van der Waals surface area contributed by atoms with Gasteiger partial charge in [0.25, 0.3) is 11.7 Å². The van der Waals surface area contributed by atoms with E-state index in [0.29, 0.717) is 5.69 Å². The molecule has 3 rings (SSSR count). The van der Waals surface area contributed by atoms with Crippen molar-refractivity contribution in [1.29, 1.82) is 0 Å². The molecule has 0 aromatic heterocycles. The smallest absolute Gasteiger partial charge is 0.407 e. The number of halogens is 1. The van der Waals surface area contributed by atoms with E-state index in [0.717, 1.165) is 6.07 Å². The van der Waals surface area contributed by atoms with Gasteiger partial charge in [-0.3, -0.25) is 9.59 Å². The molecule has 2 heterocycles. The highest BCUT2D eigenvalue weighted by molar-refractivity contribution is 6.52. The van der Waals surface area contributed by atoms with Crippen molar-refractivity contribution in [3.05, 3.63) is 29.6 Å². The van der Waals surface area contributed by atoms with Gasteiger partial charge in [0.15, 0.2) is 0 Å². The fourth-order valence-electron chi connectivity index (χ4n) is 2.19. The maximum absolute atomic E-state index is 13.1. The van der Waals surface area contributed by atoms with Crippen LogP contribution >= 0.6 is 0 Å². The second kappa shape index (κ2) is 4.04. The average molecular weight is 264 g/mol. The minimum absolute atomic E-state index is 0.0438. The minimum atomic E-state index is -0.744. The predicted octanol–water partition coefficient (Wildman–Crippen LogP) is 0.463. The molecule has 0 bridgehead atoms. The van der Waals surface area contributed by atoms with E-state index in [-0.39, 0.29) is 18.7 Å². The lowest BCUT2D eigenvalue weighted by atomic mass is 10.1. The maximum atomic E-state index is 13.1. The molecule has 1 fully saturated rings. The van der Waals surface area contributed by atoms with Crippen LogP contribution in [0.1, 0.15) is 10.4 Å². The van der Waals surface area contributed by atoms with Crippen LogP contribution in [0.5, 0.6) is 0 Å². The molecular formula is C12H9FN2O4. The number of hydrogen-bond acceptors (Lipinski definition) is 4. The highest BCUT2D eigenvalue weighted by atomic mass is 19.1. The third-order valence-corrected chi connectivity index (χ3v) is 3.07. The summed E-state index contributed by atoms with van der Waals surface area (Å²) in [5.41, 5.74) is 0.390. The van der Waals surface area contributed by atoms with E-state index in [1.54, 1.807) is 0 Å². The lowest BCUT2D eigenvalue weighted by Gasteiger charge is -2.19. The molecule has 1 N–H and O–H groups in total. The van der Waals surface area contributed by atoms with Gasteiger partial charge < -0.3 is 15.0 Å². The molecule has 1 unspecified atom stereocenters. The Morgan fingerprint density at radius 2 is 2.16 bits per heavy atom. The summed E-state index contributed by atoms with van der Waals surface area (Å²) in [5, 5.41) is 2.46. The standard InChI is InChI=1S/C12H9FN2O4/c13-6-1-2-9-8(3-6)10(16)11(17)15(9)5-7-4-14-12(18)19-7/h1-3,7H,4-5H2,(H,14,18). The van der Waals surface area contributed by atoms with Gasteiger partial charge in [-0.25, -0.2) is 9.18 Å². The Bertz CT molecular complexity index is 601. The van der Waals surface area contributed by atoms with Crippen LogP contribution in [0.4, 0.5) is 14.9 Å². The SMILES string of the molecule is O=C1NCC(CN2C(=O)C(=O)c3cc(F)ccc32)O1. The molecule has 19 heavy (non-hydrogen) atoms. The zero-order chi connectivity index (χ0) is 13.6. The summed E-state index contributed by atoms with van der Waals surface area (Å²) in [4.78, 5) is 35.7. The fourth-order valence-corrected chi connectivity index (χ4v) is 2.19. The van der Waals surface area contributed by atoms with Crippen molar-refractivity contribution in [3.8, 4) is 0 Å². The number of carbonyl (C=O) groups is 3. The quantitative estimate of drug-likeness (QED) is 0.787. The van der Waals surface area contributed by atoms with E-state index in [9.17, 15) is 18.8 Å². The highest BCUT2D eigenvalue weighted by Crippen LogP contribution is 2.29. The van der Waals surface area contributed by atoms with Crippen molar-refractivity contribution in [2.75, 3.05) is 18.0 Å². The number of amides is 2. The van der Waals surface area contributed by atoms with Crippen LogP contribution in [0.3, 0.4) is 0 Å². The number of fused-ring (bicyclic) bond motifs is 1. The Morgan fingerprint density at radius 1 is 1.37 bits per heavy atom. The number of Topliss-reactive ketones (excluding diaryl/α,β-unsaturated/α-hetero) is 1. The van der Waals surface area contributed by atoms with E-state index in [1.807, 2.05) is 0 Å². The normalized spacial score (nSPS) is 21.4. The zero-order valence-electron chi connectivity index (χ0n) is 9.68. The molecule has 98 valence electrons. The largest absolute Gasteiger partial charge is 0.442 e. The molecule has 1 saturated heterocycles. The number of nitrogens with one attached hydrogen (secondary N) is 1. The zero-order valence-corrected chi connectivity index (χ0v) is 9.68. The van der Waals surface area contributed by atoms with E-state index in [1.165, 1.54) is 17.0 Å². The average Bonchev–Trinajstić information content (AvgIpc) is 2.88. The van der Waals surface area contributed by atoms with Gasteiger partial charge in [0.1, 0.15) is 11.9 Å². The van der Waals surface area contributed by atoms with Gasteiger partial charge in [0.05, 0.1) is 24.3 Å². The van der Waals surface area contributed by atoms with E-state index < -0.39 is 29.7 Å². The molecule has 6 nitrogen and oxygen atoms in total. The number of hydrogen-bond donors (Lipinski definition) is 1. The lowest BCUT2D eigenvalue weighted by Crippen LogP contribution is -2.38. The molecular weight excluding hydrogens is 255 g/mol. The summed E-state index contributed by atoms with van der Waals surface area (Å²) < 4.78 is 18.0.